The number of phosphoric ester groups is 1. The number of sulfonamides is 1. The number of rotatable bonds is 19. The number of carbonyl (C=O) groups excluding carboxylic acids is 3. The summed E-state index contributed by atoms with van der Waals surface area (Å²) in [5.41, 5.74) is -5.97. The highest BCUT2D eigenvalue weighted by atomic mass is 35.5. The Morgan fingerprint density at radius 3 is 2.17 bits per heavy atom. The van der Waals surface area contributed by atoms with Crippen LogP contribution in [0, 0.1) is 17.6 Å². The third-order valence-corrected chi connectivity index (χ3v) is 16.3. The first-order chi connectivity index (χ1) is 35.3. The molecule has 0 bridgehead atoms. The van der Waals surface area contributed by atoms with Crippen molar-refractivity contribution in [3.05, 3.63) is 93.0 Å². The second-order valence-electron chi connectivity index (χ2n) is 18.5. The summed E-state index contributed by atoms with van der Waals surface area (Å²) in [6, 6.07) is 4.61. The molecular formula is C43H41ClF10N7O13PS2. The number of anilines is 1. The zero-order chi connectivity index (χ0) is 57.3. The molecule has 420 valence electrons. The number of nitrogens with zero attached hydrogens (tertiary/aromatic N) is 6. The van der Waals surface area contributed by atoms with E-state index >= 15 is 8.78 Å². The third kappa shape index (κ3) is 13.0. The van der Waals surface area contributed by atoms with Crippen LogP contribution in [-0.2, 0) is 86.0 Å². The number of hydrogen-bond acceptors (Lipinski definition) is 14. The van der Waals surface area contributed by atoms with Crippen LogP contribution in [0.5, 0.6) is 0 Å². The second kappa shape index (κ2) is 20.7. The summed E-state index contributed by atoms with van der Waals surface area (Å²) in [7, 11) is -14.1. The predicted octanol–water partition coefficient (Wildman–Crippen LogP) is 7.39. The molecule has 77 heavy (non-hydrogen) atoms. The van der Waals surface area contributed by atoms with Gasteiger partial charge in [0.2, 0.25) is 22.7 Å². The molecule has 2 aromatic carbocycles. The largest absolute Gasteiger partial charge is 0.472 e. The van der Waals surface area contributed by atoms with Gasteiger partial charge in [-0.2, -0.15) is 49.6 Å². The smallest absolute Gasteiger partial charge is 0.436 e. The Balaban J connectivity index is 1.42. The van der Waals surface area contributed by atoms with E-state index in [2.05, 4.69) is 29.8 Å². The standard InChI is InChI=1S/C43H41ClF10N7O13PS2/c1-40(2,76(3,68)69)10-9-23-5-6-24(25-7-8-28(44)33-35(25)60(18-41(47,48)49)58-38(33)61(77(4,70)71)39(64)72-17-31(63)73-19-74-75(65,66)67)34(55-23)29(13-20-11-21(45)14-22(46)12-20)56-30(62)16-59-37-32(36(57-59)43(52,53)54)26-15-27(26)42(37,50)51/h5-8,11-12,14,26-27,29H,9-10,13,15-19H2,1-4H3,(H,56,62)(H2,65,66,67)/t26-,27?,29-/m0/s1. The van der Waals surface area contributed by atoms with Gasteiger partial charge in [-0.15, -0.1) is 0 Å². The molecule has 20 nitrogen and oxygen atoms in total. The van der Waals surface area contributed by atoms with Crippen molar-refractivity contribution in [1.29, 1.82) is 0 Å². The number of phosphoric acid groups is 1. The fraction of sp³-hybridized carbons (Fsp3) is 0.442. The summed E-state index contributed by atoms with van der Waals surface area (Å²) in [6.07, 6.45) is -12.7. The molecule has 2 aliphatic rings. The SMILES string of the molecule is CC(C)(CCc1ccc(-c2ccc(Cl)c3c(N(C(=O)OCC(=O)OCOP(=O)(O)O)S(C)(=O)=O)nn(CC(F)(F)F)c23)c([C@H](Cc2cc(F)cc(F)c2)NC(=O)Cn2nc(C(F)(F)F)c3c2C(F)(F)C2C[C@H]32)n1)S(C)(=O)=O. The molecule has 7 rings (SSSR count). The summed E-state index contributed by atoms with van der Waals surface area (Å²) >= 11 is 6.57. The second-order valence-corrected chi connectivity index (χ2v) is 24.6. The molecule has 34 heteroatoms. The van der Waals surface area contributed by atoms with Crippen molar-refractivity contribution in [1.82, 2.24) is 29.9 Å². The van der Waals surface area contributed by atoms with Gasteiger partial charge < -0.3 is 24.6 Å². The number of carbonyl (C=O) groups is 3. The fourth-order valence-corrected chi connectivity index (χ4v) is 10.2. The lowest BCUT2D eigenvalue weighted by atomic mass is 9.93. The molecule has 5 aromatic rings. The predicted molar refractivity (Wildman–Crippen MR) is 247 cm³/mol. The van der Waals surface area contributed by atoms with E-state index in [0.717, 1.165) is 36.6 Å². The summed E-state index contributed by atoms with van der Waals surface area (Å²) in [4.78, 5) is 62.2. The van der Waals surface area contributed by atoms with Crippen molar-refractivity contribution in [2.45, 2.75) is 87.6 Å². The third-order valence-electron chi connectivity index (χ3n) is 12.4. The van der Waals surface area contributed by atoms with Crippen molar-refractivity contribution < 1.29 is 103 Å². The zero-order valence-corrected chi connectivity index (χ0v) is 43.2. The van der Waals surface area contributed by atoms with E-state index in [-0.39, 0.29) is 49.8 Å². The lowest BCUT2D eigenvalue weighted by Gasteiger charge is -2.25. The Bertz CT molecular complexity index is 3460. The quantitative estimate of drug-likeness (QED) is 0.0315. The molecule has 0 aliphatic heterocycles. The number of amides is 2. The number of alkyl halides is 8. The molecule has 0 radical (unpaired) electrons. The number of ether oxygens (including phenoxy) is 2. The minimum absolute atomic E-state index is 0.0174. The Labute approximate surface area is 433 Å². The number of aryl methyl sites for hydroxylation is 1. The van der Waals surface area contributed by atoms with Crippen LogP contribution < -0.4 is 9.62 Å². The van der Waals surface area contributed by atoms with Crippen LogP contribution in [0.3, 0.4) is 0 Å². The first-order valence-corrected chi connectivity index (χ1v) is 27.7. The highest BCUT2D eigenvalue weighted by Gasteiger charge is 2.68. The van der Waals surface area contributed by atoms with Gasteiger partial charge in [-0.1, -0.05) is 23.7 Å². The average Bonchev–Trinajstić information content (AvgIpc) is 3.82. The van der Waals surface area contributed by atoms with Crippen molar-refractivity contribution in [2.24, 2.45) is 5.92 Å². The monoisotopic (exact) mass is 1180 g/mol. The van der Waals surface area contributed by atoms with E-state index in [1.807, 2.05) is 0 Å². The van der Waals surface area contributed by atoms with Crippen LogP contribution in [0.25, 0.3) is 22.0 Å². The maximum Gasteiger partial charge on any atom is 0.472 e. The van der Waals surface area contributed by atoms with E-state index in [1.165, 1.54) is 19.9 Å². The van der Waals surface area contributed by atoms with Gasteiger partial charge in [0.25, 0.3) is 5.92 Å². The number of pyridine rings is 1. The Kier molecular flexibility index (Phi) is 15.8. The van der Waals surface area contributed by atoms with Gasteiger partial charge >= 0.3 is 32.2 Å². The van der Waals surface area contributed by atoms with Gasteiger partial charge in [0.1, 0.15) is 30.4 Å². The van der Waals surface area contributed by atoms with E-state index in [9.17, 15) is 70.9 Å². The maximum absolute atomic E-state index is 15.6. The molecular weight excluding hydrogens is 1140 g/mol. The molecule has 2 aliphatic carbocycles. The van der Waals surface area contributed by atoms with Crippen LogP contribution >= 0.6 is 19.4 Å². The van der Waals surface area contributed by atoms with Gasteiger partial charge in [-0.05, 0) is 75.3 Å². The summed E-state index contributed by atoms with van der Waals surface area (Å²) < 4.78 is 222. The van der Waals surface area contributed by atoms with Crippen LogP contribution in [-0.4, -0.2) is 106 Å². The lowest BCUT2D eigenvalue weighted by Crippen LogP contribution is -2.38. The lowest BCUT2D eigenvalue weighted by molar-refractivity contribution is -0.154. The van der Waals surface area contributed by atoms with Gasteiger partial charge in [0, 0.05) is 40.6 Å². The van der Waals surface area contributed by atoms with E-state index < -0.39 is 181 Å². The number of esters is 1. The minimum atomic E-state index is -5.25. The molecule has 3 aromatic heterocycles. The van der Waals surface area contributed by atoms with Crippen LogP contribution in [0.15, 0.2) is 42.5 Å². The molecule has 1 saturated carbocycles. The average molecular weight is 1180 g/mol. The fourth-order valence-electron chi connectivity index (χ4n) is 8.58. The number of benzene rings is 2. The zero-order valence-electron chi connectivity index (χ0n) is 39.9. The molecule has 3 N–H and O–H groups in total. The molecule has 0 spiro atoms. The number of sulfone groups is 1. The molecule has 1 unspecified atom stereocenters. The van der Waals surface area contributed by atoms with E-state index in [1.54, 1.807) is 0 Å². The number of nitrogens with one attached hydrogen (secondary N) is 1. The summed E-state index contributed by atoms with van der Waals surface area (Å²) in [6.45, 7) is -3.59. The number of hydrogen-bond donors (Lipinski definition) is 3. The summed E-state index contributed by atoms with van der Waals surface area (Å²) in [5, 5.41) is 8.18. The highest BCUT2D eigenvalue weighted by Crippen LogP contribution is 2.68. The molecule has 0 saturated heterocycles. The molecule has 3 heterocycles. The molecule has 3 atom stereocenters. The first kappa shape index (κ1) is 58.8. The summed E-state index contributed by atoms with van der Waals surface area (Å²) in [5.74, 6) is -13.1. The number of fused-ring (bicyclic) bond motifs is 4. The Hall–Kier alpha value is -5.92. The topological polar surface area (TPSA) is 269 Å². The van der Waals surface area contributed by atoms with Crippen LogP contribution in [0.2, 0.25) is 5.02 Å². The van der Waals surface area contributed by atoms with Crippen molar-refractivity contribution >= 4 is 74.0 Å². The van der Waals surface area contributed by atoms with E-state index in [4.69, 9.17) is 26.1 Å². The van der Waals surface area contributed by atoms with Crippen LogP contribution in [0.1, 0.15) is 72.6 Å². The number of aromatic nitrogens is 5. The Morgan fingerprint density at radius 2 is 1.58 bits per heavy atom. The number of halogens is 11. The van der Waals surface area contributed by atoms with Crippen molar-refractivity contribution in [3.8, 4) is 11.1 Å². The van der Waals surface area contributed by atoms with Gasteiger partial charge in [-0.3, -0.25) is 19.1 Å². The van der Waals surface area contributed by atoms with Gasteiger partial charge in [-0.25, -0.2) is 44.3 Å². The van der Waals surface area contributed by atoms with Crippen molar-refractivity contribution in [3.63, 3.8) is 0 Å². The van der Waals surface area contributed by atoms with Crippen LogP contribution in [0.4, 0.5) is 54.5 Å². The van der Waals surface area contributed by atoms with E-state index in [0.29, 0.717) is 12.3 Å². The minimum Gasteiger partial charge on any atom is -0.436 e. The normalized spacial score (nSPS) is 16.9. The first-order valence-electron chi connectivity index (χ1n) is 22.1. The molecule has 1 fully saturated rings. The highest BCUT2D eigenvalue weighted by molar-refractivity contribution is 7.92. The maximum atomic E-state index is 15.6. The van der Waals surface area contributed by atoms with Crippen molar-refractivity contribution in [2.75, 3.05) is 30.2 Å². The Morgan fingerprint density at radius 1 is 0.948 bits per heavy atom. The molecule has 2 amide bonds. The van der Waals surface area contributed by atoms with Gasteiger partial charge in [0.05, 0.1) is 38.7 Å². The van der Waals surface area contributed by atoms with Gasteiger partial charge in [0.15, 0.2) is 28.0 Å².